The average Bonchev–Trinajstić information content (AvgIpc) is 1.80. The molecule has 0 saturated heterocycles. The zero-order valence-corrected chi connectivity index (χ0v) is 5.63. The van der Waals surface area contributed by atoms with Crippen LogP contribution in [0.4, 0.5) is 4.39 Å². The Morgan fingerprint density at radius 3 is 2.89 bits per heavy atom. The molecule has 2 nitrogen and oxygen atoms in total. The van der Waals surface area contributed by atoms with Crippen molar-refractivity contribution >= 4 is 12.2 Å². The first-order chi connectivity index (χ1) is 4.20. The predicted octanol–water partition coefficient (Wildman–Crippen LogP) is 1.59. The van der Waals surface area contributed by atoms with Crippen molar-refractivity contribution in [2.24, 2.45) is 0 Å². The van der Waals surface area contributed by atoms with Gasteiger partial charge in [0.2, 0.25) is 5.95 Å². The Labute approximate surface area is 56.8 Å². The Hall–Kier alpha value is -0.770. The highest BCUT2D eigenvalue weighted by Gasteiger charge is 1.92. The van der Waals surface area contributed by atoms with Crippen LogP contribution >= 0.6 is 12.2 Å². The van der Waals surface area contributed by atoms with Crippen molar-refractivity contribution in [2.45, 2.75) is 6.92 Å². The minimum Gasteiger partial charge on any atom is -0.347 e. The molecule has 9 heavy (non-hydrogen) atoms. The van der Waals surface area contributed by atoms with Crippen molar-refractivity contribution < 1.29 is 4.39 Å². The molecule has 0 aliphatic carbocycles. The quantitative estimate of drug-likeness (QED) is 0.560. The highest BCUT2D eigenvalue weighted by Crippen LogP contribution is 1.93. The van der Waals surface area contributed by atoms with Crippen molar-refractivity contribution in [3.8, 4) is 0 Å². The van der Waals surface area contributed by atoms with Crippen LogP contribution in [0.15, 0.2) is 6.20 Å². The van der Waals surface area contributed by atoms with Crippen LogP contribution in [-0.4, -0.2) is 9.97 Å². The van der Waals surface area contributed by atoms with Gasteiger partial charge in [0.25, 0.3) is 0 Å². The SMILES string of the molecule is Cc1c[nH]c(=S)c(F)n1. The molecule has 0 aliphatic heterocycles. The van der Waals surface area contributed by atoms with E-state index in [-0.39, 0.29) is 4.64 Å². The molecule has 1 rings (SSSR count). The minimum absolute atomic E-state index is 0.0561. The second-order valence-corrected chi connectivity index (χ2v) is 2.07. The van der Waals surface area contributed by atoms with Crippen molar-refractivity contribution in [2.75, 3.05) is 0 Å². The maximum Gasteiger partial charge on any atom is 0.248 e. The van der Waals surface area contributed by atoms with Gasteiger partial charge in [0.05, 0.1) is 5.69 Å². The molecule has 0 bridgehead atoms. The summed E-state index contributed by atoms with van der Waals surface area (Å²) in [7, 11) is 0. The summed E-state index contributed by atoms with van der Waals surface area (Å²) >= 11 is 4.52. The number of hydrogen-bond donors (Lipinski definition) is 1. The van der Waals surface area contributed by atoms with Gasteiger partial charge in [0, 0.05) is 6.20 Å². The molecule has 0 fully saturated rings. The molecule has 48 valence electrons. The number of nitrogens with one attached hydrogen (secondary N) is 1. The zero-order valence-electron chi connectivity index (χ0n) is 4.81. The third-order valence-corrected chi connectivity index (χ3v) is 1.16. The molecule has 0 aliphatic rings. The van der Waals surface area contributed by atoms with E-state index in [1.54, 1.807) is 13.1 Å². The number of aromatic nitrogens is 2. The van der Waals surface area contributed by atoms with Gasteiger partial charge in [-0.25, -0.2) is 4.98 Å². The first-order valence-electron chi connectivity index (χ1n) is 2.42. The van der Waals surface area contributed by atoms with Crippen molar-refractivity contribution in [3.05, 3.63) is 22.5 Å². The van der Waals surface area contributed by atoms with E-state index in [0.29, 0.717) is 5.69 Å². The third kappa shape index (κ3) is 1.32. The van der Waals surface area contributed by atoms with Crippen LogP contribution in [0.2, 0.25) is 0 Å². The van der Waals surface area contributed by atoms with Gasteiger partial charge in [-0.2, -0.15) is 4.39 Å². The molecule has 0 unspecified atom stereocenters. The Balaban J connectivity index is 3.34. The molecule has 1 heterocycles. The van der Waals surface area contributed by atoms with E-state index >= 15 is 0 Å². The summed E-state index contributed by atoms with van der Waals surface area (Å²) in [5.41, 5.74) is 0.598. The van der Waals surface area contributed by atoms with Gasteiger partial charge in [0.15, 0.2) is 4.64 Å². The van der Waals surface area contributed by atoms with Crippen LogP contribution in [0.25, 0.3) is 0 Å². The standard InChI is InChI=1S/C5H5FN2S/c1-3-2-7-5(9)4(6)8-3/h2H,1H3,(H,7,9). The monoisotopic (exact) mass is 144 g/mol. The number of rotatable bonds is 0. The van der Waals surface area contributed by atoms with E-state index in [0.717, 1.165) is 0 Å². The normalized spacial score (nSPS) is 9.56. The summed E-state index contributed by atoms with van der Waals surface area (Å²) < 4.78 is 12.4. The van der Waals surface area contributed by atoms with Crippen molar-refractivity contribution in [1.29, 1.82) is 0 Å². The summed E-state index contributed by atoms with van der Waals surface area (Å²) in [5.74, 6) is -0.606. The lowest BCUT2D eigenvalue weighted by Gasteiger charge is -1.89. The summed E-state index contributed by atoms with van der Waals surface area (Å²) in [6, 6.07) is 0. The summed E-state index contributed by atoms with van der Waals surface area (Å²) in [5, 5.41) is 0. The lowest BCUT2D eigenvalue weighted by Crippen LogP contribution is -1.89. The molecule has 4 heteroatoms. The fourth-order valence-corrected chi connectivity index (χ4v) is 0.572. The second kappa shape index (κ2) is 2.23. The number of aromatic amines is 1. The van der Waals surface area contributed by atoms with Crippen LogP contribution in [0, 0.1) is 17.5 Å². The molecule has 0 spiro atoms. The number of aryl methyl sites for hydroxylation is 1. The maximum absolute atomic E-state index is 12.3. The van der Waals surface area contributed by atoms with Gasteiger partial charge >= 0.3 is 0 Å². The summed E-state index contributed by atoms with van der Waals surface area (Å²) in [6.07, 6.45) is 1.56. The van der Waals surface area contributed by atoms with Crippen LogP contribution in [0.3, 0.4) is 0 Å². The van der Waals surface area contributed by atoms with E-state index < -0.39 is 5.95 Å². The molecular weight excluding hydrogens is 139 g/mol. The van der Waals surface area contributed by atoms with Crippen molar-refractivity contribution in [1.82, 2.24) is 9.97 Å². The van der Waals surface area contributed by atoms with E-state index in [9.17, 15) is 4.39 Å². The molecule has 1 aromatic heterocycles. The molecule has 0 atom stereocenters. The molecule has 0 radical (unpaired) electrons. The van der Waals surface area contributed by atoms with Gasteiger partial charge < -0.3 is 4.98 Å². The first kappa shape index (κ1) is 6.35. The maximum atomic E-state index is 12.3. The Morgan fingerprint density at radius 1 is 1.78 bits per heavy atom. The summed E-state index contributed by atoms with van der Waals surface area (Å²) in [6.45, 7) is 1.69. The van der Waals surface area contributed by atoms with Gasteiger partial charge in [-0.15, -0.1) is 0 Å². The van der Waals surface area contributed by atoms with Gasteiger partial charge in [0.1, 0.15) is 0 Å². The molecule has 0 saturated carbocycles. The van der Waals surface area contributed by atoms with Gasteiger partial charge in [-0.05, 0) is 6.92 Å². The zero-order chi connectivity index (χ0) is 6.85. The van der Waals surface area contributed by atoms with Crippen LogP contribution < -0.4 is 0 Å². The van der Waals surface area contributed by atoms with Gasteiger partial charge in [-0.1, -0.05) is 12.2 Å². The number of nitrogens with zero attached hydrogens (tertiary/aromatic N) is 1. The largest absolute Gasteiger partial charge is 0.347 e. The fourth-order valence-electron chi connectivity index (χ4n) is 0.467. The molecule has 1 aromatic rings. The van der Waals surface area contributed by atoms with E-state index in [1.807, 2.05) is 0 Å². The average molecular weight is 144 g/mol. The predicted molar refractivity (Wildman–Crippen MR) is 34.1 cm³/mol. The number of halogens is 1. The van der Waals surface area contributed by atoms with E-state index in [4.69, 9.17) is 0 Å². The van der Waals surface area contributed by atoms with E-state index in [2.05, 4.69) is 22.2 Å². The third-order valence-electron chi connectivity index (χ3n) is 0.874. The molecule has 0 aromatic carbocycles. The Kier molecular flexibility index (Phi) is 1.57. The van der Waals surface area contributed by atoms with Crippen LogP contribution in [0.5, 0.6) is 0 Å². The Bertz CT molecular complexity index is 268. The van der Waals surface area contributed by atoms with Crippen molar-refractivity contribution in [3.63, 3.8) is 0 Å². The fraction of sp³-hybridized carbons (Fsp3) is 0.200. The number of H-pyrrole nitrogens is 1. The first-order valence-corrected chi connectivity index (χ1v) is 2.83. The van der Waals surface area contributed by atoms with Gasteiger partial charge in [-0.3, -0.25) is 0 Å². The Morgan fingerprint density at radius 2 is 2.44 bits per heavy atom. The van der Waals surface area contributed by atoms with Crippen LogP contribution in [0.1, 0.15) is 5.69 Å². The van der Waals surface area contributed by atoms with E-state index in [1.165, 1.54) is 0 Å². The minimum atomic E-state index is -0.606. The smallest absolute Gasteiger partial charge is 0.248 e. The lowest BCUT2D eigenvalue weighted by atomic mass is 10.5. The lowest BCUT2D eigenvalue weighted by molar-refractivity contribution is 0.567. The number of hydrogen-bond acceptors (Lipinski definition) is 2. The second-order valence-electron chi connectivity index (χ2n) is 1.66. The molecule has 1 N–H and O–H groups in total. The highest BCUT2D eigenvalue weighted by molar-refractivity contribution is 7.71. The summed E-state index contributed by atoms with van der Waals surface area (Å²) in [4.78, 5) is 6.02. The topological polar surface area (TPSA) is 28.7 Å². The molecule has 0 amide bonds. The van der Waals surface area contributed by atoms with Crippen LogP contribution in [-0.2, 0) is 0 Å². The molecular formula is C5H5FN2S. The highest BCUT2D eigenvalue weighted by atomic mass is 32.1.